The van der Waals surface area contributed by atoms with E-state index in [1.165, 1.54) is 48.3 Å². The molecule has 2 fully saturated rings. The lowest BCUT2D eigenvalue weighted by molar-refractivity contribution is 0.210. The molecular formula is C30H40N2Si. The molecule has 1 N–H and O–H groups in total. The molecule has 1 aliphatic heterocycles. The molecule has 4 atom stereocenters. The van der Waals surface area contributed by atoms with Gasteiger partial charge >= 0.3 is 0 Å². The van der Waals surface area contributed by atoms with Crippen LogP contribution in [0.3, 0.4) is 0 Å². The molecule has 2 aromatic rings. The molecule has 0 radical (unpaired) electrons. The third-order valence-electron chi connectivity index (χ3n) is 8.08. The number of nitrogens with zero attached hydrogens (tertiary/aromatic N) is 1. The van der Waals surface area contributed by atoms with Crippen LogP contribution in [0.5, 0.6) is 0 Å². The van der Waals surface area contributed by atoms with Crippen molar-refractivity contribution in [1.82, 2.24) is 9.88 Å². The van der Waals surface area contributed by atoms with Crippen molar-refractivity contribution in [3.05, 3.63) is 84.5 Å². The molecule has 2 aromatic carbocycles. The summed E-state index contributed by atoms with van der Waals surface area (Å²) in [6.07, 6.45) is 11.6. The summed E-state index contributed by atoms with van der Waals surface area (Å²) in [5, 5.41) is 3.05. The van der Waals surface area contributed by atoms with Crippen LogP contribution in [-0.2, 0) is 0 Å². The van der Waals surface area contributed by atoms with E-state index < -0.39 is 8.24 Å². The molecule has 33 heavy (non-hydrogen) atoms. The largest absolute Gasteiger partial charge is 0.325 e. The van der Waals surface area contributed by atoms with E-state index in [4.69, 9.17) is 0 Å². The van der Waals surface area contributed by atoms with Crippen molar-refractivity contribution < 1.29 is 0 Å². The molecule has 0 amide bonds. The highest BCUT2D eigenvalue weighted by atomic mass is 28.3. The van der Waals surface area contributed by atoms with Crippen molar-refractivity contribution in [3.63, 3.8) is 0 Å². The Labute approximate surface area is 201 Å². The molecule has 3 aliphatic rings. The number of allylic oxidation sites excluding steroid dienone is 3. The average Bonchev–Trinajstić information content (AvgIpc) is 3.46. The molecule has 1 saturated heterocycles. The second-order valence-corrected chi connectivity index (χ2v) is 15.3. The summed E-state index contributed by atoms with van der Waals surface area (Å²) in [6.45, 7) is 11.9. The van der Waals surface area contributed by atoms with Crippen LogP contribution in [0.15, 0.2) is 84.5 Å². The molecule has 2 aliphatic carbocycles. The van der Waals surface area contributed by atoms with Crippen LogP contribution in [0.1, 0.15) is 47.0 Å². The minimum atomic E-state index is -2.33. The Kier molecular flexibility index (Phi) is 6.24. The molecule has 0 bridgehead atoms. The smallest absolute Gasteiger partial charge is 0.194 e. The summed E-state index contributed by atoms with van der Waals surface area (Å²) in [7, 11) is -2.33. The molecule has 1 heterocycles. The maximum Gasteiger partial charge on any atom is 0.194 e. The molecular weight excluding hydrogens is 416 g/mol. The molecule has 3 heteroatoms. The highest BCUT2D eigenvalue weighted by Crippen LogP contribution is 2.51. The Balaban J connectivity index is 1.70. The lowest BCUT2D eigenvalue weighted by Gasteiger charge is -2.46. The summed E-state index contributed by atoms with van der Waals surface area (Å²) in [6, 6.07) is 23.6. The van der Waals surface area contributed by atoms with Crippen molar-refractivity contribution in [2.75, 3.05) is 13.1 Å². The Morgan fingerprint density at radius 2 is 1.42 bits per heavy atom. The van der Waals surface area contributed by atoms with Gasteiger partial charge in [-0.3, -0.25) is 4.90 Å². The van der Waals surface area contributed by atoms with Crippen LogP contribution in [0.4, 0.5) is 0 Å². The minimum absolute atomic E-state index is 0.0310. The van der Waals surface area contributed by atoms with Crippen LogP contribution in [-0.4, -0.2) is 37.8 Å². The molecule has 5 rings (SSSR count). The second kappa shape index (κ2) is 9.01. The lowest BCUT2D eigenvalue weighted by atomic mass is 9.86. The van der Waals surface area contributed by atoms with Gasteiger partial charge in [0.2, 0.25) is 0 Å². The summed E-state index contributed by atoms with van der Waals surface area (Å²) >= 11 is 0. The minimum Gasteiger partial charge on any atom is -0.325 e. The first-order valence-corrected chi connectivity index (χ1v) is 15.0. The van der Waals surface area contributed by atoms with Gasteiger partial charge < -0.3 is 4.98 Å². The van der Waals surface area contributed by atoms with Gasteiger partial charge in [0.05, 0.1) is 0 Å². The fraction of sp³-hybridized carbons (Fsp3) is 0.467. The number of rotatable bonds is 5. The maximum atomic E-state index is 4.37. The Morgan fingerprint density at radius 1 is 0.848 bits per heavy atom. The number of fused-ring (bicyclic) bond motifs is 1. The highest BCUT2D eigenvalue weighted by molar-refractivity contribution is 7.01. The summed E-state index contributed by atoms with van der Waals surface area (Å²) in [4.78, 5) is 7.19. The van der Waals surface area contributed by atoms with E-state index in [0.29, 0.717) is 23.4 Å². The van der Waals surface area contributed by atoms with E-state index in [1.807, 2.05) is 0 Å². The zero-order chi connectivity index (χ0) is 23.1. The SMILES string of the molecule is CC1=CC2C(C=C1)C([Si](NC(C)(C)C)(c1ccccc1)c1ccccc1)CC2N1CCCC1. The van der Waals surface area contributed by atoms with Gasteiger partial charge in [0, 0.05) is 11.6 Å². The first-order valence-electron chi connectivity index (χ1n) is 12.9. The fourth-order valence-corrected chi connectivity index (χ4v) is 12.8. The van der Waals surface area contributed by atoms with Gasteiger partial charge in [-0.15, -0.1) is 0 Å². The van der Waals surface area contributed by atoms with Crippen LogP contribution >= 0.6 is 0 Å². The number of hydrogen-bond acceptors (Lipinski definition) is 2. The van der Waals surface area contributed by atoms with E-state index in [9.17, 15) is 0 Å². The van der Waals surface area contributed by atoms with Gasteiger partial charge in [0.1, 0.15) is 0 Å². The predicted molar refractivity (Wildman–Crippen MR) is 144 cm³/mol. The Morgan fingerprint density at radius 3 is 1.97 bits per heavy atom. The third kappa shape index (κ3) is 4.31. The lowest BCUT2D eigenvalue weighted by Crippen LogP contribution is -2.75. The number of likely N-dealkylation sites (tertiary alicyclic amines) is 1. The van der Waals surface area contributed by atoms with Crippen molar-refractivity contribution in [3.8, 4) is 0 Å². The van der Waals surface area contributed by atoms with Crippen LogP contribution in [0.25, 0.3) is 0 Å². The van der Waals surface area contributed by atoms with Gasteiger partial charge in [-0.1, -0.05) is 84.5 Å². The second-order valence-electron chi connectivity index (χ2n) is 11.5. The molecule has 0 aromatic heterocycles. The number of benzene rings is 2. The van der Waals surface area contributed by atoms with Gasteiger partial charge in [0.15, 0.2) is 8.24 Å². The van der Waals surface area contributed by atoms with Crippen LogP contribution < -0.4 is 15.4 Å². The van der Waals surface area contributed by atoms with Crippen molar-refractivity contribution >= 4 is 18.6 Å². The molecule has 1 saturated carbocycles. The van der Waals surface area contributed by atoms with Crippen molar-refractivity contribution in [1.29, 1.82) is 0 Å². The normalized spacial score (nSPS) is 28.1. The third-order valence-corrected chi connectivity index (χ3v) is 13.4. The molecule has 2 nitrogen and oxygen atoms in total. The van der Waals surface area contributed by atoms with E-state index in [1.54, 1.807) is 0 Å². The predicted octanol–water partition coefficient (Wildman–Crippen LogP) is 5.12. The van der Waals surface area contributed by atoms with Crippen LogP contribution in [0, 0.1) is 11.8 Å². The first kappa shape index (κ1) is 22.8. The van der Waals surface area contributed by atoms with E-state index in [2.05, 4.69) is 116 Å². The van der Waals surface area contributed by atoms with Crippen LogP contribution in [0.2, 0.25) is 5.54 Å². The van der Waals surface area contributed by atoms with Gasteiger partial charge in [-0.05, 0) is 87.8 Å². The number of hydrogen-bond donors (Lipinski definition) is 1. The van der Waals surface area contributed by atoms with Crippen molar-refractivity contribution in [2.24, 2.45) is 11.8 Å². The van der Waals surface area contributed by atoms with E-state index in [-0.39, 0.29) is 5.54 Å². The monoisotopic (exact) mass is 456 g/mol. The van der Waals surface area contributed by atoms with Gasteiger partial charge in [0.25, 0.3) is 0 Å². The fourth-order valence-electron chi connectivity index (χ4n) is 6.96. The Bertz CT molecular complexity index is 959. The summed E-state index contributed by atoms with van der Waals surface area (Å²) in [5.74, 6) is 1.21. The summed E-state index contributed by atoms with van der Waals surface area (Å²) in [5.41, 5.74) is 2.08. The topological polar surface area (TPSA) is 15.3 Å². The number of nitrogens with one attached hydrogen (secondary N) is 1. The zero-order valence-electron chi connectivity index (χ0n) is 20.8. The highest BCUT2D eigenvalue weighted by Gasteiger charge is 2.57. The Hall–Kier alpha value is -1.94. The molecule has 4 unspecified atom stereocenters. The van der Waals surface area contributed by atoms with Gasteiger partial charge in [-0.2, -0.15) is 0 Å². The standard InChI is InChI=1S/C30H40N2Si/c1-23-17-18-26-27(21-23)28(32-19-11-12-20-32)22-29(26)33(31-30(2,3)4,24-13-7-5-8-14-24)25-15-9-6-10-16-25/h5-10,13-18,21,26-29,31H,11-12,19-20,22H2,1-4H3. The zero-order valence-corrected chi connectivity index (χ0v) is 21.8. The van der Waals surface area contributed by atoms with E-state index in [0.717, 1.165) is 0 Å². The van der Waals surface area contributed by atoms with Crippen molar-refractivity contribution in [2.45, 2.75) is 64.1 Å². The maximum absolute atomic E-state index is 4.37. The van der Waals surface area contributed by atoms with E-state index >= 15 is 0 Å². The molecule has 174 valence electrons. The molecule has 0 spiro atoms. The quantitative estimate of drug-likeness (QED) is 0.628. The van der Waals surface area contributed by atoms with Gasteiger partial charge in [-0.25, -0.2) is 0 Å². The average molecular weight is 457 g/mol. The summed E-state index contributed by atoms with van der Waals surface area (Å²) < 4.78 is 0. The first-order chi connectivity index (χ1) is 15.9.